The van der Waals surface area contributed by atoms with Crippen LogP contribution in [-0.2, 0) is 11.0 Å². The SMILES string of the molecule is Cc1cc(N=C=O)ccc1Cl.Cc1cc(Nc2nc(Nc3cc(N)ccc3C)ncc2[N+](=O)[O-])n[nH]1.Cc1cc(Nc2nc(Nc3cc(NC(=O)Nc4ccc(Cl)c(C(F)(F)F)c4)ccc3C)ncc2[N+](=O)[O-])n[nH]1. The van der Waals surface area contributed by atoms with Gasteiger partial charge < -0.3 is 37.6 Å². The average Bonchev–Trinajstić information content (AvgIpc) is 3.96. The largest absolute Gasteiger partial charge is 0.417 e. The summed E-state index contributed by atoms with van der Waals surface area (Å²) in [5.74, 6) is 0.893. The number of aromatic nitrogens is 8. The zero-order valence-electron chi connectivity index (χ0n) is 39.7. The zero-order chi connectivity index (χ0) is 54.6. The lowest BCUT2D eigenvalue weighted by Gasteiger charge is -2.14. The van der Waals surface area contributed by atoms with Crippen molar-refractivity contribution in [2.24, 2.45) is 4.99 Å². The Morgan fingerprint density at radius 1 is 0.667 bits per heavy atom. The number of carbonyl (C=O) groups is 1. The first-order valence-electron chi connectivity index (χ1n) is 21.5. The first-order valence-corrected chi connectivity index (χ1v) is 22.2. The van der Waals surface area contributed by atoms with Gasteiger partial charge >= 0.3 is 23.6 Å². The fourth-order valence-corrected chi connectivity index (χ4v) is 6.59. The summed E-state index contributed by atoms with van der Waals surface area (Å²) in [6.07, 6.45) is -1.05. The van der Waals surface area contributed by atoms with Gasteiger partial charge in [-0.3, -0.25) is 30.4 Å². The van der Waals surface area contributed by atoms with E-state index in [-0.39, 0.29) is 46.3 Å². The second kappa shape index (κ2) is 24.1. The molecule has 4 aromatic carbocycles. The van der Waals surface area contributed by atoms with Crippen molar-refractivity contribution < 1.29 is 32.6 Å². The predicted octanol–water partition coefficient (Wildman–Crippen LogP) is 11.9. The number of halogens is 5. The molecule has 4 heterocycles. The van der Waals surface area contributed by atoms with Gasteiger partial charge in [-0.1, -0.05) is 35.3 Å². The second-order valence-electron chi connectivity index (χ2n) is 15.8. The minimum atomic E-state index is -4.69. The van der Waals surface area contributed by atoms with E-state index in [1.165, 1.54) is 18.2 Å². The molecule has 0 saturated heterocycles. The molecule has 0 spiro atoms. The number of urea groups is 1. The number of rotatable bonds is 13. The number of aliphatic imine (C=N–C) groups is 1. The average molecular weight is 1070 g/mol. The van der Waals surface area contributed by atoms with Crippen LogP contribution in [-0.4, -0.2) is 62.3 Å². The van der Waals surface area contributed by atoms with Crippen LogP contribution >= 0.6 is 23.2 Å². The van der Waals surface area contributed by atoms with Gasteiger partial charge in [0.15, 0.2) is 11.6 Å². The Balaban J connectivity index is 0.000000215. The monoisotopic (exact) mass is 1070 g/mol. The highest BCUT2D eigenvalue weighted by Gasteiger charge is 2.33. The molecule has 0 aliphatic carbocycles. The molecule has 8 rings (SSSR count). The molecule has 0 radical (unpaired) electrons. The second-order valence-corrected chi connectivity index (χ2v) is 16.6. The van der Waals surface area contributed by atoms with Crippen LogP contribution in [0.1, 0.15) is 33.6 Å². The first-order chi connectivity index (χ1) is 35.5. The Hall–Kier alpha value is -9.72. The molecule has 10 N–H and O–H groups in total. The van der Waals surface area contributed by atoms with Crippen molar-refractivity contribution >= 4 is 116 Å². The van der Waals surface area contributed by atoms with E-state index < -0.39 is 32.6 Å². The number of aryl methyl sites for hydroxylation is 5. The molecule has 0 bridgehead atoms. The predicted molar refractivity (Wildman–Crippen MR) is 277 cm³/mol. The summed E-state index contributed by atoms with van der Waals surface area (Å²) >= 11 is 11.4. The summed E-state index contributed by atoms with van der Waals surface area (Å²) in [5, 5.41) is 52.7. The number of nitrogens with two attached hydrogens (primary N) is 1. The lowest BCUT2D eigenvalue weighted by atomic mass is 10.2. The van der Waals surface area contributed by atoms with Gasteiger partial charge in [0.25, 0.3) is 0 Å². The maximum absolute atomic E-state index is 13.1. The third-order valence-electron chi connectivity index (χ3n) is 9.93. The number of isocyanates is 1. The number of H-pyrrole nitrogens is 2. The Morgan fingerprint density at radius 3 is 1.64 bits per heavy atom. The maximum Gasteiger partial charge on any atom is 0.417 e. The number of hydrogen-bond donors (Lipinski definition) is 9. The molecule has 0 fully saturated rings. The number of alkyl halides is 3. The third-order valence-corrected chi connectivity index (χ3v) is 10.7. The van der Waals surface area contributed by atoms with E-state index >= 15 is 0 Å². The molecular weight excluding hydrogens is 1030 g/mol. The van der Waals surface area contributed by atoms with Crippen molar-refractivity contribution in [1.29, 1.82) is 0 Å². The van der Waals surface area contributed by atoms with Crippen molar-refractivity contribution in [3.8, 4) is 0 Å². The van der Waals surface area contributed by atoms with Crippen LogP contribution in [0.2, 0.25) is 10.0 Å². The topological polar surface area (TPSA) is 340 Å². The lowest BCUT2D eigenvalue weighted by Crippen LogP contribution is -2.20. The summed E-state index contributed by atoms with van der Waals surface area (Å²) in [6.45, 7) is 9.10. The van der Waals surface area contributed by atoms with Crippen molar-refractivity contribution in [2.75, 3.05) is 37.6 Å². The Bertz CT molecular complexity index is 3460. The van der Waals surface area contributed by atoms with E-state index in [0.717, 1.165) is 52.7 Å². The van der Waals surface area contributed by atoms with Crippen LogP contribution in [0.15, 0.2) is 102 Å². The van der Waals surface area contributed by atoms with Crippen molar-refractivity contribution in [1.82, 2.24) is 40.3 Å². The van der Waals surface area contributed by atoms with Crippen molar-refractivity contribution in [3.05, 3.63) is 161 Å². The molecule has 29 heteroatoms. The van der Waals surface area contributed by atoms with E-state index in [1.54, 1.807) is 68.4 Å². The molecule has 0 unspecified atom stereocenters. The molecule has 8 aromatic rings. The summed E-state index contributed by atoms with van der Waals surface area (Å²) in [6, 6.07) is 20.8. The van der Waals surface area contributed by atoms with Crippen LogP contribution < -0.4 is 37.6 Å². The first kappa shape index (κ1) is 54.6. The number of hydrogen-bond acceptors (Lipinski definition) is 18. The molecule has 2 amide bonds. The van der Waals surface area contributed by atoms with E-state index in [4.69, 9.17) is 28.9 Å². The third kappa shape index (κ3) is 15.4. The highest BCUT2D eigenvalue weighted by Crippen LogP contribution is 2.37. The van der Waals surface area contributed by atoms with Gasteiger partial charge in [-0.2, -0.15) is 38.3 Å². The maximum atomic E-state index is 13.1. The van der Waals surface area contributed by atoms with Crippen LogP contribution in [0, 0.1) is 54.8 Å². The molecule has 0 aliphatic rings. The molecule has 386 valence electrons. The zero-order valence-corrected chi connectivity index (χ0v) is 41.2. The minimum Gasteiger partial charge on any atom is -0.399 e. The number of benzene rings is 4. The lowest BCUT2D eigenvalue weighted by molar-refractivity contribution is -0.384. The minimum absolute atomic E-state index is 0.0147. The molecule has 4 aromatic heterocycles. The molecule has 0 atom stereocenters. The number of anilines is 11. The fraction of sp³-hybridized carbons (Fsp3) is 0.130. The number of nitrogens with zero attached hydrogens (tertiary/aromatic N) is 9. The van der Waals surface area contributed by atoms with E-state index in [0.29, 0.717) is 39.3 Å². The Morgan fingerprint density at radius 2 is 1.16 bits per heavy atom. The standard InChI is InChI=1S/C23H19ClF3N9O3.C15H16N8O2.C8H6ClNO/c1-11-3-4-14(30-22(37)29-13-5-6-16(24)15(8-13)23(25,26)27)9-17(11)31-21-28-10-18(36(38)39)20(33-21)32-19-7-12(2)34-35-19;1-8-3-4-10(16)6-11(8)18-15-17-7-12(23(24)25)14(20-15)19-13-5-9(2)21-22-13;1-6-4-7(10-5-11)2-3-8(6)9/h3-10H,1-2H3,(H2,29,30,37)(H3,28,31,32,33,34,35);3-7H,16H2,1-2H3,(H3,17,18,19,20,21,22);2-4H,1H3. The number of amides is 2. The normalized spacial score (nSPS) is 10.6. The van der Waals surface area contributed by atoms with Crippen LogP contribution in [0.25, 0.3) is 0 Å². The molecular formula is C46H41Cl2F3N18O6. The van der Waals surface area contributed by atoms with Gasteiger partial charge in [0.2, 0.25) is 29.6 Å². The van der Waals surface area contributed by atoms with Gasteiger partial charge in [-0.15, -0.1) is 0 Å². The van der Waals surface area contributed by atoms with E-state index in [1.807, 2.05) is 26.8 Å². The van der Waals surface area contributed by atoms with Gasteiger partial charge in [0, 0.05) is 57.0 Å². The number of nitro groups is 2. The Labute approximate surface area is 432 Å². The molecule has 75 heavy (non-hydrogen) atoms. The van der Waals surface area contributed by atoms with Gasteiger partial charge in [0.1, 0.15) is 12.4 Å². The number of aromatic amines is 2. The van der Waals surface area contributed by atoms with Gasteiger partial charge in [-0.25, -0.2) is 19.6 Å². The van der Waals surface area contributed by atoms with Crippen LogP contribution in [0.5, 0.6) is 0 Å². The van der Waals surface area contributed by atoms with E-state index in [2.05, 4.69) is 77.2 Å². The number of carbonyl (C=O) groups excluding carboxylic acids is 2. The molecule has 0 saturated carbocycles. The van der Waals surface area contributed by atoms with Crippen molar-refractivity contribution in [3.63, 3.8) is 0 Å². The smallest absolute Gasteiger partial charge is 0.399 e. The molecule has 0 aliphatic heterocycles. The highest BCUT2D eigenvalue weighted by atomic mass is 35.5. The summed E-state index contributed by atoms with van der Waals surface area (Å²) in [7, 11) is 0. The molecule has 24 nitrogen and oxygen atoms in total. The van der Waals surface area contributed by atoms with Crippen molar-refractivity contribution in [2.45, 2.75) is 40.8 Å². The fourth-order valence-electron chi connectivity index (χ4n) is 6.24. The quantitative estimate of drug-likeness (QED) is 0.0170. The highest BCUT2D eigenvalue weighted by molar-refractivity contribution is 6.31. The Kier molecular flexibility index (Phi) is 17.6. The summed E-state index contributed by atoms with van der Waals surface area (Å²) in [5.41, 5.74) is 10.7. The van der Waals surface area contributed by atoms with Gasteiger partial charge in [-0.05, 0) is 112 Å². The summed E-state index contributed by atoms with van der Waals surface area (Å²) < 4.78 is 39.3. The van der Waals surface area contributed by atoms with Gasteiger partial charge in [0.05, 0.1) is 26.1 Å². The number of nitrogens with one attached hydrogen (secondary N) is 8. The van der Waals surface area contributed by atoms with Crippen LogP contribution in [0.4, 0.5) is 98.6 Å². The number of nitrogen functional groups attached to an aromatic ring is 1. The summed E-state index contributed by atoms with van der Waals surface area (Å²) in [4.78, 5) is 63.5. The van der Waals surface area contributed by atoms with Crippen LogP contribution in [0.3, 0.4) is 0 Å². The van der Waals surface area contributed by atoms with E-state index in [9.17, 15) is 43.0 Å².